The number of aryl methyl sites for hydroxylation is 2. The van der Waals surface area contributed by atoms with Crippen molar-refractivity contribution < 1.29 is 9.53 Å². The molecule has 1 heterocycles. The highest BCUT2D eigenvalue weighted by atomic mass is 16.5. The molecule has 0 saturated heterocycles. The zero-order valence-electron chi connectivity index (χ0n) is 15.0. The van der Waals surface area contributed by atoms with E-state index in [-0.39, 0.29) is 5.97 Å². The Morgan fingerprint density at radius 2 is 1.84 bits per heavy atom. The first-order chi connectivity index (χ1) is 12.2. The molecule has 0 spiro atoms. The Hall–Kier alpha value is -2.68. The number of carbonyl (C=O) groups excluding carboxylic acids is 1. The van der Waals surface area contributed by atoms with Crippen molar-refractivity contribution >= 4 is 16.9 Å². The number of rotatable bonds is 5. The van der Waals surface area contributed by atoms with E-state index in [1.807, 2.05) is 43.3 Å². The Morgan fingerprint density at radius 1 is 1.08 bits per heavy atom. The van der Waals surface area contributed by atoms with Gasteiger partial charge in [0, 0.05) is 10.9 Å². The number of fused-ring (bicyclic) bond motifs is 1. The number of pyridine rings is 1. The number of aromatic nitrogens is 1. The lowest BCUT2D eigenvalue weighted by Crippen LogP contribution is -2.12. The van der Waals surface area contributed by atoms with Crippen molar-refractivity contribution in [3.05, 3.63) is 65.4 Å². The molecule has 0 saturated carbocycles. The zero-order valence-corrected chi connectivity index (χ0v) is 15.0. The molecule has 0 fully saturated rings. The van der Waals surface area contributed by atoms with E-state index < -0.39 is 0 Å². The minimum atomic E-state index is -0.291. The van der Waals surface area contributed by atoms with Gasteiger partial charge in [0.2, 0.25) is 0 Å². The smallest absolute Gasteiger partial charge is 0.340 e. The average molecular weight is 333 g/mol. The van der Waals surface area contributed by atoms with Gasteiger partial charge in [0.15, 0.2) is 0 Å². The summed E-state index contributed by atoms with van der Waals surface area (Å²) < 4.78 is 5.38. The van der Waals surface area contributed by atoms with Crippen LogP contribution in [0.4, 0.5) is 0 Å². The largest absolute Gasteiger partial charge is 0.462 e. The molecular formula is C22H23NO2. The van der Waals surface area contributed by atoms with Gasteiger partial charge in [-0.3, -0.25) is 4.98 Å². The summed E-state index contributed by atoms with van der Waals surface area (Å²) in [5.74, 6) is -0.291. The fourth-order valence-electron chi connectivity index (χ4n) is 3.17. The van der Waals surface area contributed by atoms with Crippen LogP contribution in [0, 0.1) is 6.92 Å². The maximum atomic E-state index is 12.8. The lowest BCUT2D eigenvalue weighted by molar-refractivity contribution is 0.0525. The van der Waals surface area contributed by atoms with E-state index in [4.69, 9.17) is 9.72 Å². The van der Waals surface area contributed by atoms with Crippen LogP contribution in [0.15, 0.2) is 48.5 Å². The molecule has 3 nitrogen and oxygen atoms in total. The Balaban J connectivity index is 2.41. The third kappa shape index (κ3) is 3.41. The van der Waals surface area contributed by atoms with Gasteiger partial charge in [-0.15, -0.1) is 0 Å². The van der Waals surface area contributed by atoms with Crippen LogP contribution in [0.5, 0.6) is 0 Å². The molecule has 3 heteroatoms. The SMILES string of the molecule is CCCc1nc2ccc(C)cc2c(-c2ccccc2)c1C(=O)OCC. The number of hydrogen-bond donors (Lipinski definition) is 0. The molecule has 25 heavy (non-hydrogen) atoms. The van der Waals surface area contributed by atoms with Crippen molar-refractivity contribution in [2.75, 3.05) is 6.61 Å². The maximum Gasteiger partial charge on any atom is 0.340 e. The molecule has 3 aromatic rings. The molecule has 0 aliphatic carbocycles. The molecule has 128 valence electrons. The summed E-state index contributed by atoms with van der Waals surface area (Å²) in [5.41, 5.74) is 5.42. The van der Waals surface area contributed by atoms with Crippen molar-refractivity contribution in [1.82, 2.24) is 4.98 Å². The fraction of sp³-hybridized carbons (Fsp3) is 0.273. The highest BCUT2D eigenvalue weighted by molar-refractivity contribution is 6.08. The van der Waals surface area contributed by atoms with Gasteiger partial charge in [0.05, 0.1) is 23.4 Å². The van der Waals surface area contributed by atoms with Crippen molar-refractivity contribution in [2.24, 2.45) is 0 Å². The third-order valence-corrected chi connectivity index (χ3v) is 4.24. The molecule has 0 bridgehead atoms. The Kier molecular flexibility index (Phi) is 5.13. The summed E-state index contributed by atoms with van der Waals surface area (Å²) >= 11 is 0. The monoisotopic (exact) mass is 333 g/mol. The summed E-state index contributed by atoms with van der Waals surface area (Å²) in [4.78, 5) is 17.6. The van der Waals surface area contributed by atoms with Crippen LogP contribution in [0.25, 0.3) is 22.0 Å². The number of carbonyl (C=O) groups is 1. The van der Waals surface area contributed by atoms with Crippen LogP contribution >= 0.6 is 0 Å². The summed E-state index contributed by atoms with van der Waals surface area (Å²) in [6.07, 6.45) is 1.67. The van der Waals surface area contributed by atoms with Crippen LogP contribution in [0.2, 0.25) is 0 Å². The van der Waals surface area contributed by atoms with Gasteiger partial charge in [-0.25, -0.2) is 4.79 Å². The average Bonchev–Trinajstić information content (AvgIpc) is 2.62. The van der Waals surface area contributed by atoms with E-state index >= 15 is 0 Å². The number of esters is 1. The van der Waals surface area contributed by atoms with Crippen LogP contribution in [0.3, 0.4) is 0 Å². The van der Waals surface area contributed by atoms with Gasteiger partial charge in [-0.2, -0.15) is 0 Å². The van der Waals surface area contributed by atoms with Gasteiger partial charge in [0.25, 0.3) is 0 Å². The van der Waals surface area contributed by atoms with Crippen LogP contribution < -0.4 is 0 Å². The van der Waals surface area contributed by atoms with Gasteiger partial charge in [-0.05, 0) is 38.0 Å². The van der Waals surface area contributed by atoms with Crippen molar-refractivity contribution in [2.45, 2.75) is 33.6 Å². The van der Waals surface area contributed by atoms with Crippen molar-refractivity contribution in [1.29, 1.82) is 0 Å². The van der Waals surface area contributed by atoms with Gasteiger partial charge in [-0.1, -0.05) is 55.3 Å². The summed E-state index contributed by atoms with van der Waals surface area (Å²) in [7, 11) is 0. The van der Waals surface area contributed by atoms with Crippen LogP contribution in [-0.2, 0) is 11.2 Å². The standard InChI is InChI=1S/C22H23NO2/c1-4-9-19-21(22(24)25-5-2)20(16-10-7-6-8-11-16)17-14-15(3)12-13-18(17)23-19/h6-8,10-14H,4-5,9H2,1-3H3. The molecule has 0 amide bonds. The Morgan fingerprint density at radius 3 is 2.52 bits per heavy atom. The van der Waals surface area contributed by atoms with Crippen molar-refractivity contribution in [3.8, 4) is 11.1 Å². The topological polar surface area (TPSA) is 39.2 Å². The summed E-state index contributed by atoms with van der Waals surface area (Å²) in [6.45, 7) is 6.33. The minimum Gasteiger partial charge on any atom is -0.462 e. The van der Waals surface area contributed by atoms with Gasteiger partial charge >= 0.3 is 5.97 Å². The van der Waals surface area contributed by atoms with E-state index in [0.29, 0.717) is 12.2 Å². The first-order valence-electron chi connectivity index (χ1n) is 8.81. The maximum absolute atomic E-state index is 12.8. The minimum absolute atomic E-state index is 0.291. The van der Waals surface area contributed by atoms with E-state index in [0.717, 1.165) is 46.1 Å². The predicted octanol–water partition coefficient (Wildman–Crippen LogP) is 5.34. The highest BCUT2D eigenvalue weighted by Gasteiger charge is 2.22. The van der Waals surface area contributed by atoms with Crippen LogP contribution in [0.1, 0.15) is 41.9 Å². The number of hydrogen-bond acceptors (Lipinski definition) is 3. The second kappa shape index (κ2) is 7.47. The molecule has 3 rings (SSSR count). The Bertz CT molecular complexity index is 901. The highest BCUT2D eigenvalue weighted by Crippen LogP contribution is 2.34. The molecule has 2 aromatic carbocycles. The lowest BCUT2D eigenvalue weighted by Gasteiger charge is -2.17. The van der Waals surface area contributed by atoms with Gasteiger partial charge < -0.3 is 4.74 Å². The molecule has 0 atom stereocenters. The summed E-state index contributed by atoms with van der Waals surface area (Å²) in [5, 5.41) is 0.995. The number of ether oxygens (including phenoxy) is 1. The van der Waals surface area contributed by atoms with E-state index in [1.54, 1.807) is 0 Å². The zero-order chi connectivity index (χ0) is 17.8. The third-order valence-electron chi connectivity index (χ3n) is 4.24. The quantitative estimate of drug-likeness (QED) is 0.592. The predicted molar refractivity (Wildman–Crippen MR) is 102 cm³/mol. The lowest BCUT2D eigenvalue weighted by atomic mass is 9.92. The first-order valence-corrected chi connectivity index (χ1v) is 8.81. The van der Waals surface area contributed by atoms with Crippen molar-refractivity contribution in [3.63, 3.8) is 0 Å². The summed E-state index contributed by atoms with van der Waals surface area (Å²) in [6, 6.07) is 16.2. The van der Waals surface area contributed by atoms with Gasteiger partial charge in [0.1, 0.15) is 0 Å². The fourth-order valence-corrected chi connectivity index (χ4v) is 3.17. The molecule has 0 aliphatic rings. The number of benzene rings is 2. The molecular weight excluding hydrogens is 310 g/mol. The van der Waals surface area contributed by atoms with Crippen LogP contribution in [-0.4, -0.2) is 17.6 Å². The molecule has 0 unspecified atom stereocenters. The number of nitrogens with zero attached hydrogens (tertiary/aromatic N) is 1. The van der Waals surface area contributed by atoms with E-state index in [2.05, 4.69) is 26.0 Å². The second-order valence-corrected chi connectivity index (χ2v) is 6.17. The molecule has 1 aromatic heterocycles. The van der Waals surface area contributed by atoms with E-state index in [1.165, 1.54) is 0 Å². The second-order valence-electron chi connectivity index (χ2n) is 6.17. The molecule has 0 aliphatic heterocycles. The normalized spacial score (nSPS) is 10.8. The molecule has 0 N–H and O–H groups in total. The van der Waals surface area contributed by atoms with E-state index in [9.17, 15) is 4.79 Å². The molecule has 0 radical (unpaired) electrons. The Labute approximate surface area is 148 Å². The first kappa shape index (κ1) is 17.2.